The molecule has 0 spiro atoms. The van der Waals surface area contributed by atoms with Crippen molar-refractivity contribution in [3.63, 3.8) is 0 Å². The molecule has 0 fully saturated rings. The lowest BCUT2D eigenvalue weighted by Crippen LogP contribution is -2.04. The van der Waals surface area contributed by atoms with E-state index in [1.807, 2.05) is 0 Å². The maximum Gasteiger partial charge on any atom is 0.353 e. The Kier molecular flexibility index (Phi) is 5.09. The number of nitro groups is 1. The van der Waals surface area contributed by atoms with E-state index < -0.39 is 11.2 Å². The van der Waals surface area contributed by atoms with Gasteiger partial charge in [-0.3, -0.25) is 10.1 Å². The standard InChI is InChI=1S/C15H17N3O5/c1-9-8-17-14(16)12(18(19)20)13(9)23-11-6-4-10(5-7-11)15(21-2)22-3/h4-8,15H,1-3H3,(H2,16,17). The predicted octanol–water partition coefficient (Wildman–Crippen LogP) is 2.96. The fourth-order valence-corrected chi connectivity index (χ4v) is 2.07. The van der Waals surface area contributed by atoms with Gasteiger partial charge in [-0.2, -0.15) is 0 Å². The fraction of sp³-hybridized carbons (Fsp3) is 0.267. The van der Waals surface area contributed by atoms with Crippen molar-refractivity contribution in [2.75, 3.05) is 20.0 Å². The average molecular weight is 319 g/mol. The minimum Gasteiger partial charge on any atom is -0.450 e. The number of anilines is 1. The van der Waals surface area contributed by atoms with Gasteiger partial charge < -0.3 is 19.9 Å². The number of nitrogen functional groups attached to an aromatic ring is 1. The molecule has 8 heteroatoms. The van der Waals surface area contributed by atoms with E-state index in [1.165, 1.54) is 20.4 Å². The van der Waals surface area contributed by atoms with Crippen molar-refractivity contribution in [3.05, 3.63) is 51.7 Å². The minimum absolute atomic E-state index is 0.0743. The summed E-state index contributed by atoms with van der Waals surface area (Å²) >= 11 is 0. The smallest absolute Gasteiger partial charge is 0.353 e. The van der Waals surface area contributed by atoms with Crippen molar-refractivity contribution in [1.29, 1.82) is 0 Å². The summed E-state index contributed by atoms with van der Waals surface area (Å²) in [6, 6.07) is 6.83. The topological polar surface area (TPSA) is 110 Å². The molecule has 0 aliphatic carbocycles. The van der Waals surface area contributed by atoms with Gasteiger partial charge in [0.2, 0.25) is 11.6 Å². The number of nitrogens with zero attached hydrogens (tertiary/aromatic N) is 2. The van der Waals surface area contributed by atoms with E-state index in [4.69, 9.17) is 19.9 Å². The first-order chi connectivity index (χ1) is 11.0. The van der Waals surface area contributed by atoms with Crippen LogP contribution in [0.25, 0.3) is 0 Å². The lowest BCUT2D eigenvalue weighted by molar-refractivity contribution is -0.385. The second-order valence-corrected chi connectivity index (χ2v) is 4.74. The molecule has 1 aromatic heterocycles. The zero-order chi connectivity index (χ0) is 17.0. The van der Waals surface area contributed by atoms with Gasteiger partial charge in [0.25, 0.3) is 0 Å². The van der Waals surface area contributed by atoms with Crippen LogP contribution in [0.1, 0.15) is 17.4 Å². The molecule has 2 rings (SSSR count). The van der Waals surface area contributed by atoms with Gasteiger partial charge in [-0.05, 0) is 19.1 Å². The van der Waals surface area contributed by atoms with Gasteiger partial charge in [0.05, 0.1) is 4.92 Å². The quantitative estimate of drug-likeness (QED) is 0.495. The predicted molar refractivity (Wildman–Crippen MR) is 83.3 cm³/mol. The Morgan fingerprint density at radius 2 is 1.83 bits per heavy atom. The Hall–Kier alpha value is -2.71. The largest absolute Gasteiger partial charge is 0.450 e. The Morgan fingerprint density at radius 3 is 2.35 bits per heavy atom. The van der Waals surface area contributed by atoms with Gasteiger partial charge in [0.15, 0.2) is 6.29 Å². The molecule has 0 unspecified atom stereocenters. The van der Waals surface area contributed by atoms with Crippen LogP contribution in [0.3, 0.4) is 0 Å². The second-order valence-electron chi connectivity index (χ2n) is 4.74. The van der Waals surface area contributed by atoms with Crippen LogP contribution in [0.5, 0.6) is 11.5 Å². The molecular weight excluding hydrogens is 302 g/mol. The summed E-state index contributed by atoms with van der Waals surface area (Å²) < 4.78 is 15.9. The molecule has 2 aromatic rings. The summed E-state index contributed by atoms with van der Waals surface area (Å²) in [7, 11) is 3.07. The van der Waals surface area contributed by atoms with E-state index in [0.717, 1.165) is 5.56 Å². The SMILES string of the molecule is COC(OC)c1ccc(Oc2c(C)cnc(N)c2[N+](=O)[O-])cc1. The molecule has 0 aliphatic rings. The summed E-state index contributed by atoms with van der Waals surface area (Å²) in [5.74, 6) is 0.313. The highest BCUT2D eigenvalue weighted by molar-refractivity contribution is 5.64. The van der Waals surface area contributed by atoms with E-state index in [0.29, 0.717) is 11.3 Å². The molecule has 0 bridgehead atoms. The highest BCUT2D eigenvalue weighted by Gasteiger charge is 2.24. The lowest BCUT2D eigenvalue weighted by Gasteiger charge is -2.14. The van der Waals surface area contributed by atoms with Gasteiger partial charge in [-0.25, -0.2) is 4.98 Å². The minimum atomic E-state index is -0.606. The molecule has 8 nitrogen and oxygen atoms in total. The highest BCUT2D eigenvalue weighted by Crippen LogP contribution is 2.37. The molecule has 0 amide bonds. The highest BCUT2D eigenvalue weighted by atomic mass is 16.7. The summed E-state index contributed by atoms with van der Waals surface area (Å²) in [6.07, 6.45) is 0.939. The third-order valence-electron chi connectivity index (χ3n) is 3.20. The Labute approximate surface area is 133 Å². The number of rotatable bonds is 6. The Bertz CT molecular complexity index is 699. The number of hydrogen-bond donors (Lipinski definition) is 1. The van der Waals surface area contributed by atoms with Crippen LogP contribution >= 0.6 is 0 Å². The number of methoxy groups -OCH3 is 2. The van der Waals surface area contributed by atoms with Crippen molar-refractivity contribution in [1.82, 2.24) is 4.98 Å². The second kappa shape index (κ2) is 7.03. The monoisotopic (exact) mass is 319 g/mol. The van der Waals surface area contributed by atoms with Crippen LogP contribution < -0.4 is 10.5 Å². The van der Waals surface area contributed by atoms with Crippen LogP contribution in [0.2, 0.25) is 0 Å². The van der Waals surface area contributed by atoms with Crippen molar-refractivity contribution in [2.45, 2.75) is 13.2 Å². The van der Waals surface area contributed by atoms with Crippen LogP contribution in [0.15, 0.2) is 30.5 Å². The number of nitrogens with two attached hydrogens (primary N) is 1. The van der Waals surface area contributed by atoms with Gasteiger partial charge >= 0.3 is 5.69 Å². The van der Waals surface area contributed by atoms with Gasteiger partial charge in [-0.15, -0.1) is 0 Å². The number of pyridine rings is 1. The van der Waals surface area contributed by atoms with E-state index in [9.17, 15) is 10.1 Å². The molecule has 0 radical (unpaired) electrons. The average Bonchev–Trinajstić information content (AvgIpc) is 2.53. The zero-order valence-corrected chi connectivity index (χ0v) is 13.0. The molecule has 0 saturated carbocycles. The molecule has 23 heavy (non-hydrogen) atoms. The summed E-state index contributed by atoms with van der Waals surface area (Å²) in [5, 5.41) is 11.2. The maximum absolute atomic E-state index is 11.2. The number of hydrogen-bond acceptors (Lipinski definition) is 7. The first-order valence-electron chi connectivity index (χ1n) is 6.70. The summed E-state index contributed by atoms with van der Waals surface area (Å²) in [5.41, 5.74) is 6.54. The summed E-state index contributed by atoms with van der Waals surface area (Å²) in [6.45, 7) is 1.66. The molecule has 0 aliphatic heterocycles. The zero-order valence-electron chi connectivity index (χ0n) is 13.0. The normalized spacial score (nSPS) is 10.8. The number of ether oxygens (including phenoxy) is 3. The summed E-state index contributed by atoms with van der Waals surface area (Å²) in [4.78, 5) is 14.4. The Morgan fingerprint density at radius 1 is 1.22 bits per heavy atom. The van der Waals surface area contributed by atoms with Crippen molar-refractivity contribution >= 4 is 11.5 Å². The molecular formula is C15H17N3O5. The third-order valence-corrected chi connectivity index (χ3v) is 3.20. The van der Waals surface area contributed by atoms with E-state index in [1.54, 1.807) is 31.2 Å². The third kappa shape index (κ3) is 3.55. The molecule has 0 saturated heterocycles. The van der Waals surface area contributed by atoms with E-state index in [-0.39, 0.29) is 17.3 Å². The van der Waals surface area contributed by atoms with Gasteiger partial charge in [0.1, 0.15) is 5.75 Å². The number of aryl methyl sites for hydroxylation is 1. The van der Waals surface area contributed by atoms with Crippen LogP contribution in [0.4, 0.5) is 11.5 Å². The molecule has 0 atom stereocenters. The van der Waals surface area contributed by atoms with Crippen LogP contribution in [-0.2, 0) is 9.47 Å². The number of benzene rings is 1. The first-order valence-corrected chi connectivity index (χ1v) is 6.70. The molecule has 122 valence electrons. The van der Waals surface area contributed by atoms with Crippen molar-refractivity contribution in [2.24, 2.45) is 0 Å². The van der Waals surface area contributed by atoms with Crippen LogP contribution in [-0.4, -0.2) is 24.1 Å². The van der Waals surface area contributed by atoms with E-state index >= 15 is 0 Å². The first kappa shape index (κ1) is 16.7. The number of aromatic nitrogens is 1. The van der Waals surface area contributed by atoms with Crippen LogP contribution in [0, 0.1) is 17.0 Å². The van der Waals surface area contributed by atoms with Gasteiger partial charge in [0, 0.05) is 31.5 Å². The van der Waals surface area contributed by atoms with Gasteiger partial charge in [-0.1, -0.05) is 12.1 Å². The van der Waals surface area contributed by atoms with Crippen molar-refractivity contribution < 1.29 is 19.1 Å². The lowest BCUT2D eigenvalue weighted by atomic mass is 10.2. The Balaban J connectivity index is 2.33. The fourth-order valence-electron chi connectivity index (χ4n) is 2.07. The molecule has 2 N–H and O–H groups in total. The maximum atomic E-state index is 11.2. The van der Waals surface area contributed by atoms with E-state index in [2.05, 4.69) is 4.98 Å². The molecule has 1 heterocycles. The van der Waals surface area contributed by atoms with Crippen molar-refractivity contribution in [3.8, 4) is 11.5 Å². The molecule has 1 aromatic carbocycles.